The number of benzene rings is 1. The van der Waals surface area contributed by atoms with Gasteiger partial charge in [0.25, 0.3) is 5.91 Å². The summed E-state index contributed by atoms with van der Waals surface area (Å²) < 4.78 is 0. The van der Waals surface area contributed by atoms with Gasteiger partial charge >= 0.3 is 6.03 Å². The average molecular weight is 263 g/mol. The first-order valence-corrected chi connectivity index (χ1v) is 5.45. The van der Waals surface area contributed by atoms with Gasteiger partial charge in [0.2, 0.25) is 0 Å². The van der Waals surface area contributed by atoms with Crippen LogP contribution >= 0.6 is 11.6 Å². The van der Waals surface area contributed by atoms with Crippen LogP contribution in [0, 0.1) is 12.3 Å². The van der Waals surface area contributed by atoms with E-state index in [1.165, 1.54) is 6.08 Å². The van der Waals surface area contributed by atoms with Gasteiger partial charge in [0.15, 0.2) is 0 Å². The third-order valence-electron chi connectivity index (χ3n) is 1.88. The summed E-state index contributed by atoms with van der Waals surface area (Å²) >= 11 is 5.72. The lowest BCUT2D eigenvalue weighted by Gasteiger charge is -2.00. The number of hydrogen-bond donors (Lipinski definition) is 2. The van der Waals surface area contributed by atoms with Gasteiger partial charge in [-0.2, -0.15) is 0 Å². The molecule has 5 heteroatoms. The standard InChI is InChI=1S/C13H11ClN2O2/c1-2-9-15-13(18)16-12(17)8-5-10-3-6-11(14)7-4-10/h1,3-8H,9H2,(H2,15,16,17,18)/b8-5+. The van der Waals surface area contributed by atoms with Crippen molar-refractivity contribution in [2.75, 3.05) is 6.54 Å². The first kappa shape index (κ1) is 13.8. The second-order valence-electron chi connectivity index (χ2n) is 3.26. The lowest BCUT2D eigenvalue weighted by atomic mass is 10.2. The molecule has 0 atom stereocenters. The summed E-state index contributed by atoms with van der Waals surface area (Å²) in [5.74, 6) is 1.69. The van der Waals surface area contributed by atoms with Crippen LogP contribution in [0.5, 0.6) is 0 Å². The van der Waals surface area contributed by atoms with Gasteiger partial charge in [-0.1, -0.05) is 29.7 Å². The van der Waals surface area contributed by atoms with Crippen LogP contribution in [0.25, 0.3) is 6.08 Å². The maximum Gasteiger partial charge on any atom is 0.322 e. The molecular weight excluding hydrogens is 252 g/mol. The summed E-state index contributed by atoms with van der Waals surface area (Å²) in [4.78, 5) is 22.4. The predicted molar refractivity (Wildman–Crippen MR) is 70.9 cm³/mol. The first-order valence-electron chi connectivity index (χ1n) is 5.08. The van der Waals surface area contributed by atoms with Crippen LogP contribution in [-0.4, -0.2) is 18.5 Å². The first-order chi connectivity index (χ1) is 8.61. The summed E-state index contributed by atoms with van der Waals surface area (Å²) in [5, 5.41) is 5.03. The zero-order valence-corrected chi connectivity index (χ0v) is 10.2. The van der Waals surface area contributed by atoms with E-state index >= 15 is 0 Å². The number of hydrogen-bond acceptors (Lipinski definition) is 2. The van der Waals surface area contributed by atoms with Crippen molar-refractivity contribution in [3.8, 4) is 12.3 Å². The number of rotatable bonds is 3. The molecule has 0 unspecified atom stereocenters. The molecule has 1 aromatic carbocycles. The van der Waals surface area contributed by atoms with Gasteiger partial charge in [-0.3, -0.25) is 10.1 Å². The van der Waals surface area contributed by atoms with Crippen LogP contribution < -0.4 is 10.6 Å². The van der Waals surface area contributed by atoms with Gasteiger partial charge < -0.3 is 5.32 Å². The topological polar surface area (TPSA) is 58.2 Å². The van der Waals surface area contributed by atoms with Gasteiger partial charge in [-0.05, 0) is 23.8 Å². The van der Waals surface area contributed by atoms with Crippen molar-refractivity contribution < 1.29 is 9.59 Å². The van der Waals surface area contributed by atoms with Gasteiger partial charge in [0.1, 0.15) is 0 Å². The number of carbonyl (C=O) groups excluding carboxylic acids is 2. The number of urea groups is 1. The van der Waals surface area contributed by atoms with E-state index in [0.717, 1.165) is 5.56 Å². The lowest BCUT2D eigenvalue weighted by Crippen LogP contribution is -2.38. The highest BCUT2D eigenvalue weighted by molar-refractivity contribution is 6.30. The number of amides is 3. The van der Waals surface area contributed by atoms with E-state index in [0.29, 0.717) is 5.02 Å². The Bertz CT molecular complexity index is 501. The second kappa shape index (κ2) is 7.15. The van der Waals surface area contributed by atoms with Gasteiger partial charge in [0.05, 0.1) is 6.54 Å². The fourth-order valence-electron chi connectivity index (χ4n) is 1.07. The van der Waals surface area contributed by atoms with Crippen LogP contribution in [0.4, 0.5) is 4.79 Å². The Morgan fingerprint density at radius 2 is 2.00 bits per heavy atom. The molecule has 0 aromatic heterocycles. The zero-order chi connectivity index (χ0) is 13.4. The monoisotopic (exact) mass is 262 g/mol. The number of terminal acetylenes is 1. The molecule has 0 aliphatic heterocycles. The molecule has 0 saturated heterocycles. The number of nitrogens with one attached hydrogen (secondary N) is 2. The molecule has 0 heterocycles. The van der Waals surface area contributed by atoms with E-state index in [1.807, 2.05) is 0 Å². The van der Waals surface area contributed by atoms with Crippen LogP contribution in [0.15, 0.2) is 30.3 Å². The molecule has 3 amide bonds. The van der Waals surface area contributed by atoms with Crippen molar-refractivity contribution in [2.45, 2.75) is 0 Å². The Balaban J connectivity index is 2.47. The van der Waals surface area contributed by atoms with Crippen molar-refractivity contribution in [3.63, 3.8) is 0 Å². The molecule has 0 fully saturated rings. The fraction of sp³-hybridized carbons (Fsp3) is 0.0769. The predicted octanol–water partition coefficient (Wildman–Crippen LogP) is 1.81. The molecule has 1 rings (SSSR count). The number of imide groups is 1. The molecule has 18 heavy (non-hydrogen) atoms. The quantitative estimate of drug-likeness (QED) is 0.645. The minimum absolute atomic E-state index is 0.0695. The van der Waals surface area contributed by atoms with Gasteiger partial charge in [0, 0.05) is 11.1 Å². The Kier molecular flexibility index (Phi) is 5.49. The Morgan fingerprint density at radius 3 is 2.61 bits per heavy atom. The minimum Gasteiger partial charge on any atom is -0.327 e. The third kappa shape index (κ3) is 5.19. The molecule has 0 radical (unpaired) electrons. The van der Waals surface area contributed by atoms with E-state index < -0.39 is 11.9 Å². The van der Waals surface area contributed by atoms with E-state index in [1.54, 1.807) is 30.3 Å². The Morgan fingerprint density at radius 1 is 1.33 bits per heavy atom. The summed E-state index contributed by atoms with van der Waals surface area (Å²) in [6, 6.07) is 6.30. The van der Waals surface area contributed by atoms with E-state index in [2.05, 4.69) is 16.6 Å². The van der Waals surface area contributed by atoms with E-state index in [-0.39, 0.29) is 6.54 Å². The van der Waals surface area contributed by atoms with Crippen molar-refractivity contribution >= 4 is 29.6 Å². The molecule has 0 aliphatic carbocycles. The zero-order valence-electron chi connectivity index (χ0n) is 9.44. The van der Waals surface area contributed by atoms with Crippen molar-refractivity contribution in [1.29, 1.82) is 0 Å². The molecule has 0 bridgehead atoms. The molecule has 2 N–H and O–H groups in total. The van der Waals surface area contributed by atoms with Crippen LogP contribution in [-0.2, 0) is 4.79 Å². The molecule has 0 aliphatic rings. The Hall–Kier alpha value is -2.25. The van der Waals surface area contributed by atoms with Gasteiger partial charge in [-0.15, -0.1) is 6.42 Å². The number of carbonyl (C=O) groups is 2. The summed E-state index contributed by atoms with van der Waals surface area (Å²) in [5.41, 5.74) is 0.804. The summed E-state index contributed by atoms with van der Waals surface area (Å²) in [6.45, 7) is 0.0695. The maximum atomic E-state index is 11.3. The molecule has 1 aromatic rings. The van der Waals surface area contributed by atoms with Crippen LogP contribution in [0.3, 0.4) is 0 Å². The number of halogens is 1. The van der Waals surface area contributed by atoms with Crippen LogP contribution in [0.2, 0.25) is 5.02 Å². The molecule has 0 saturated carbocycles. The lowest BCUT2D eigenvalue weighted by molar-refractivity contribution is -0.115. The molecular formula is C13H11ClN2O2. The molecule has 0 spiro atoms. The highest BCUT2D eigenvalue weighted by Gasteiger charge is 2.02. The van der Waals surface area contributed by atoms with Crippen molar-refractivity contribution in [3.05, 3.63) is 40.9 Å². The maximum absolute atomic E-state index is 11.3. The third-order valence-corrected chi connectivity index (χ3v) is 2.14. The highest BCUT2D eigenvalue weighted by Crippen LogP contribution is 2.10. The summed E-state index contributed by atoms with van der Waals surface area (Å²) in [6.07, 6.45) is 7.77. The van der Waals surface area contributed by atoms with Crippen molar-refractivity contribution in [2.24, 2.45) is 0 Å². The van der Waals surface area contributed by atoms with Gasteiger partial charge in [-0.25, -0.2) is 4.79 Å². The van der Waals surface area contributed by atoms with E-state index in [4.69, 9.17) is 18.0 Å². The Labute approximate surface area is 110 Å². The highest BCUT2D eigenvalue weighted by atomic mass is 35.5. The minimum atomic E-state index is -0.626. The smallest absolute Gasteiger partial charge is 0.322 e. The van der Waals surface area contributed by atoms with E-state index in [9.17, 15) is 9.59 Å². The SMILES string of the molecule is C#CCNC(=O)NC(=O)/C=C/c1ccc(Cl)cc1. The fourth-order valence-corrected chi connectivity index (χ4v) is 1.20. The van der Waals surface area contributed by atoms with Crippen molar-refractivity contribution in [1.82, 2.24) is 10.6 Å². The average Bonchev–Trinajstić information content (AvgIpc) is 2.35. The summed E-state index contributed by atoms with van der Waals surface area (Å²) in [7, 11) is 0. The molecule has 92 valence electrons. The second-order valence-corrected chi connectivity index (χ2v) is 3.70. The normalized spacial score (nSPS) is 9.78. The largest absolute Gasteiger partial charge is 0.327 e. The van der Waals surface area contributed by atoms with Crippen LogP contribution in [0.1, 0.15) is 5.56 Å². The molecule has 4 nitrogen and oxygen atoms in total.